The van der Waals surface area contributed by atoms with E-state index < -0.39 is 12.5 Å². The standard InChI is InChI=1S/C21H15O2PS2/c22-21(15-7-3-1-4-8-15)19-17(11-13-25-19)18-12-14-26-20(18)24(21,23)16-9-5-2-6-10-16/h1-14,22H/t21-,24+/m1/s1. The van der Waals surface area contributed by atoms with Gasteiger partial charge in [-0.3, -0.25) is 0 Å². The first-order valence-corrected chi connectivity index (χ1v) is 11.7. The molecule has 1 N–H and O–H groups in total. The van der Waals surface area contributed by atoms with Gasteiger partial charge in [0.2, 0.25) is 0 Å². The fourth-order valence-corrected chi connectivity index (χ4v) is 10.3. The summed E-state index contributed by atoms with van der Waals surface area (Å²) in [6, 6.07) is 22.9. The van der Waals surface area contributed by atoms with Gasteiger partial charge in [-0.25, -0.2) is 0 Å². The van der Waals surface area contributed by atoms with Gasteiger partial charge >= 0.3 is 0 Å². The second-order valence-corrected chi connectivity index (χ2v) is 11.3. The molecule has 26 heavy (non-hydrogen) atoms. The van der Waals surface area contributed by atoms with Crippen molar-refractivity contribution in [3.8, 4) is 11.1 Å². The van der Waals surface area contributed by atoms with E-state index in [0.29, 0.717) is 10.9 Å². The summed E-state index contributed by atoms with van der Waals surface area (Å²) in [7, 11) is -3.37. The molecular weight excluding hydrogens is 379 g/mol. The molecule has 2 atom stereocenters. The quantitative estimate of drug-likeness (QED) is 0.486. The summed E-state index contributed by atoms with van der Waals surface area (Å²) in [4.78, 5) is 0.766. The lowest BCUT2D eigenvalue weighted by Crippen LogP contribution is -2.38. The Morgan fingerprint density at radius 2 is 1.38 bits per heavy atom. The maximum atomic E-state index is 14.8. The lowest BCUT2D eigenvalue weighted by atomic mass is 10.0. The smallest absolute Gasteiger partial charge is 0.193 e. The van der Waals surface area contributed by atoms with Crippen molar-refractivity contribution in [1.82, 2.24) is 0 Å². The van der Waals surface area contributed by atoms with Crippen molar-refractivity contribution in [2.24, 2.45) is 0 Å². The Balaban J connectivity index is 1.95. The Bertz CT molecular complexity index is 1130. The van der Waals surface area contributed by atoms with Crippen LogP contribution in [0.3, 0.4) is 0 Å². The van der Waals surface area contributed by atoms with E-state index in [1.54, 1.807) is 0 Å². The van der Waals surface area contributed by atoms with Crippen LogP contribution in [0.15, 0.2) is 83.6 Å². The maximum Gasteiger partial charge on any atom is 0.193 e. The van der Waals surface area contributed by atoms with Crippen molar-refractivity contribution in [3.63, 3.8) is 0 Å². The van der Waals surface area contributed by atoms with Gasteiger partial charge in [0.15, 0.2) is 12.5 Å². The van der Waals surface area contributed by atoms with Crippen molar-refractivity contribution in [2.45, 2.75) is 5.34 Å². The Hall–Kier alpha value is -1.97. The zero-order chi connectivity index (χ0) is 17.8. The first-order chi connectivity index (χ1) is 12.7. The van der Waals surface area contributed by atoms with Gasteiger partial charge in [0, 0.05) is 16.4 Å². The number of rotatable bonds is 2. The van der Waals surface area contributed by atoms with E-state index in [-0.39, 0.29) is 0 Å². The van der Waals surface area contributed by atoms with Gasteiger partial charge in [-0.2, -0.15) is 0 Å². The molecule has 0 amide bonds. The molecule has 0 spiro atoms. The number of thiophene rings is 2. The molecule has 5 heteroatoms. The lowest BCUT2D eigenvalue weighted by molar-refractivity contribution is 0.172. The molecule has 3 heterocycles. The van der Waals surface area contributed by atoms with Gasteiger partial charge < -0.3 is 9.67 Å². The highest BCUT2D eigenvalue weighted by atomic mass is 32.1. The van der Waals surface area contributed by atoms with Crippen molar-refractivity contribution in [2.75, 3.05) is 0 Å². The van der Waals surface area contributed by atoms with Crippen molar-refractivity contribution < 1.29 is 9.67 Å². The molecule has 0 bridgehead atoms. The summed E-state index contributed by atoms with van der Waals surface area (Å²) < 4.78 is 15.6. The van der Waals surface area contributed by atoms with Crippen molar-refractivity contribution in [3.05, 3.63) is 94.0 Å². The van der Waals surface area contributed by atoms with Crippen LogP contribution in [0.5, 0.6) is 0 Å². The largest absolute Gasteiger partial charge is 0.372 e. The molecule has 4 aromatic rings. The molecule has 2 aromatic carbocycles. The fraction of sp³-hybridized carbons (Fsp3) is 0.0476. The van der Waals surface area contributed by atoms with Crippen molar-refractivity contribution >= 4 is 39.7 Å². The maximum absolute atomic E-state index is 14.8. The van der Waals surface area contributed by atoms with Crippen LogP contribution in [0.4, 0.5) is 0 Å². The van der Waals surface area contributed by atoms with E-state index in [1.165, 1.54) is 22.7 Å². The topological polar surface area (TPSA) is 37.3 Å². The van der Waals surface area contributed by atoms with E-state index >= 15 is 0 Å². The molecule has 1 aliphatic rings. The highest BCUT2D eigenvalue weighted by Crippen LogP contribution is 2.69. The molecular formula is C21H15O2PS2. The fourth-order valence-electron chi connectivity index (χ4n) is 3.76. The minimum atomic E-state index is -3.37. The zero-order valence-electron chi connectivity index (χ0n) is 13.7. The minimum Gasteiger partial charge on any atom is -0.372 e. The van der Waals surface area contributed by atoms with Crippen LogP contribution < -0.4 is 9.92 Å². The van der Waals surface area contributed by atoms with Crippen LogP contribution in [-0.2, 0) is 9.91 Å². The van der Waals surface area contributed by atoms with Crippen LogP contribution >= 0.6 is 29.8 Å². The minimum absolute atomic E-state index is 0.676. The van der Waals surface area contributed by atoms with Gasteiger partial charge in [0.05, 0.1) is 9.50 Å². The van der Waals surface area contributed by atoms with Crippen LogP contribution in [0, 0.1) is 0 Å². The van der Waals surface area contributed by atoms with E-state index in [2.05, 4.69) is 0 Å². The Labute approximate surface area is 159 Å². The Morgan fingerprint density at radius 3 is 2.12 bits per heavy atom. The summed E-state index contributed by atoms with van der Waals surface area (Å²) in [5.74, 6) is 0. The van der Waals surface area contributed by atoms with Gasteiger partial charge in [-0.15, -0.1) is 22.7 Å². The number of aliphatic hydroxyl groups is 1. The zero-order valence-corrected chi connectivity index (χ0v) is 16.2. The summed E-state index contributed by atoms with van der Waals surface area (Å²) in [5.41, 5.74) is 2.65. The lowest BCUT2D eigenvalue weighted by Gasteiger charge is -2.40. The summed E-state index contributed by atoms with van der Waals surface area (Å²) in [6.45, 7) is 0. The molecule has 0 saturated heterocycles. The van der Waals surface area contributed by atoms with E-state index in [0.717, 1.165) is 20.6 Å². The predicted octanol–water partition coefficient (Wildman–Crippen LogP) is 5.00. The van der Waals surface area contributed by atoms with Gasteiger partial charge in [-0.1, -0.05) is 60.7 Å². The van der Waals surface area contributed by atoms with Crippen LogP contribution in [0.25, 0.3) is 11.1 Å². The second-order valence-electron chi connectivity index (χ2n) is 6.29. The molecule has 128 valence electrons. The SMILES string of the molecule is O=[P@@]1(c2ccccc2)c2sccc2-c2ccsc2[C@@]1(O)c1ccccc1. The van der Waals surface area contributed by atoms with Gasteiger partial charge in [0.1, 0.15) is 0 Å². The summed E-state index contributed by atoms with van der Waals surface area (Å²) in [5, 5.41) is 15.2. The number of fused-ring (bicyclic) bond motifs is 3. The average molecular weight is 394 g/mol. The first-order valence-electron chi connectivity index (χ1n) is 8.27. The molecule has 5 rings (SSSR count). The summed E-state index contributed by atoms with van der Waals surface area (Å²) >= 11 is 2.95. The Morgan fingerprint density at radius 1 is 0.769 bits per heavy atom. The molecule has 0 saturated carbocycles. The molecule has 2 aromatic heterocycles. The third-order valence-corrected chi connectivity index (χ3v) is 11.2. The van der Waals surface area contributed by atoms with Crippen molar-refractivity contribution in [1.29, 1.82) is 0 Å². The summed E-state index contributed by atoms with van der Waals surface area (Å²) in [6.07, 6.45) is 0. The first kappa shape index (κ1) is 16.2. The third kappa shape index (κ3) is 1.93. The number of benzene rings is 2. The molecule has 1 aliphatic heterocycles. The third-order valence-electron chi connectivity index (χ3n) is 4.95. The van der Waals surface area contributed by atoms with E-state index in [1.807, 2.05) is 83.6 Å². The normalized spacial score (nSPS) is 24.0. The van der Waals surface area contributed by atoms with Gasteiger partial charge in [-0.05, 0) is 28.5 Å². The van der Waals surface area contributed by atoms with E-state index in [9.17, 15) is 9.67 Å². The van der Waals surface area contributed by atoms with Crippen LogP contribution in [0.2, 0.25) is 0 Å². The monoisotopic (exact) mass is 394 g/mol. The highest BCUT2D eigenvalue weighted by Gasteiger charge is 2.57. The van der Waals surface area contributed by atoms with Gasteiger partial charge in [0.25, 0.3) is 0 Å². The molecule has 0 unspecified atom stereocenters. The molecule has 0 fully saturated rings. The number of hydrogen-bond acceptors (Lipinski definition) is 4. The Kier molecular flexibility index (Phi) is 3.60. The number of hydrogen-bond donors (Lipinski definition) is 1. The van der Waals surface area contributed by atoms with Crippen LogP contribution in [-0.4, -0.2) is 5.11 Å². The molecule has 2 nitrogen and oxygen atoms in total. The molecule has 0 aliphatic carbocycles. The average Bonchev–Trinajstić information content (AvgIpc) is 3.37. The molecule has 0 radical (unpaired) electrons. The predicted molar refractivity (Wildman–Crippen MR) is 110 cm³/mol. The van der Waals surface area contributed by atoms with E-state index in [4.69, 9.17) is 0 Å². The van der Waals surface area contributed by atoms with Crippen LogP contribution in [0.1, 0.15) is 10.4 Å². The highest BCUT2D eigenvalue weighted by molar-refractivity contribution is 7.84. The second kappa shape index (κ2) is 5.77.